The second kappa shape index (κ2) is 12.7. The van der Waals surface area contributed by atoms with Crippen LogP contribution in [0.3, 0.4) is 0 Å². The van der Waals surface area contributed by atoms with Crippen LogP contribution in [-0.4, -0.2) is 69.9 Å². The Kier molecular flexibility index (Phi) is 10.2. The molecule has 0 fully saturated rings. The fraction of sp³-hybridized carbons (Fsp3) is 0.615. The molecular formula is C26H40N6O6. The summed E-state index contributed by atoms with van der Waals surface area (Å²) in [6, 6.07) is 2.77. The zero-order valence-electron chi connectivity index (χ0n) is 23.6. The number of carbonyl (C=O) groups is 4. The molecule has 0 aromatic carbocycles. The van der Waals surface area contributed by atoms with E-state index in [9.17, 15) is 19.2 Å². The van der Waals surface area contributed by atoms with Crippen LogP contribution in [0.2, 0.25) is 0 Å². The molecule has 210 valence electrons. The summed E-state index contributed by atoms with van der Waals surface area (Å²) in [5.74, 6) is -0.944. The topological polar surface area (TPSA) is 146 Å². The van der Waals surface area contributed by atoms with Gasteiger partial charge in [0, 0.05) is 11.4 Å². The fourth-order valence-electron chi connectivity index (χ4n) is 4.18. The van der Waals surface area contributed by atoms with E-state index in [1.165, 1.54) is 9.36 Å². The summed E-state index contributed by atoms with van der Waals surface area (Å²) < 4.78 is 13.3. The van der Waals surface area contributed by atoms with Gasteiger partial charge in [0.2, 0.25) is 0 Å². The first-order valence-electron chi connectivity index (χ1n) is 12.7. The fourth-order valence-corrected chi connectivity index (χ4v) is 4.18. The minimum absolute atomic E-state index is 0.0146. The zero-order valence-corrected chi connectivity index (χ0v) is 23.6. The number of aromatic nitrogens is 4. The van der Waals surface area contributed by atoms with Crippen molar-refractivity contribution in [1.82, 2.24) is 30.2 Å². The lowest BCUT2D eigenvalue weighted by atomic mass is 9.72. The Balaban J connectivity index is 1.80. The monoisotopic (exact) mass is 532 g/mol. The molecular weight excluding hydrogens is 492 g/mol. The highest BCUT2D eigenvalue weighted by Gasteiger charge is 2.42. The van der Waals surface area contributed by atoms with Crippen LogP contribution in [0, 0.1) is 38.5 Å². The maximum Gasteiger partial charge on any atom is 0.342 e. The number of rotatable bonds is 11. The van der Waals surface area contributed by atoms with Gasteiger partial charge in [0.1, 0.15) is 13.2 Å². The Bertz CT molecular complexity index is 1170. The van der Waals surface area contributed by atoms with E-state index in [1.54, 1.807) is 60.6 Å². The second-order valence-corrected chi connectivity index (χ2v) is 10.4. The molecule has 1 atom stereocenters. The Morgan fingerprint density at radius 3 is 1.58 bits per heavy atom. The summed E-state index contributed by atoms with van der Waals surface area (Å²) in [6.45, 7) is 14.4. The number of esters is 2. The summed E-state index contributed by atoms with van der Waals surface area (Å²) >= 11 is 0. The van der Waals surface area contributed by atoms with Crippen molar-refractivity contribution >= 4 is 24.0 Å². The molecule has 2 heterocycles. The molecule has 1 unspecified atom stereocenters. The van der Waals surface area contributed by atoms with Gasteiger partial charge in [0.25, 0.3) is 0 Å². The molecule has 12 heteroatoms. The van der Waals surface area contributed by atoms with Crippen LogP contribution in [0.4, 0.5) is 9.59 Å². The third kappa shape index (κ3) is 7.90. The van der Waals surface area contributed by atoms with Crippen molar-refractivity contribution in [3.05, 3.63) is 34.9 Å². The second-order valence-electron chi connectivity index (χ2n) is 10.4. The van der Waals surface area contributed by atoms with Gasteiger partial charge in [-0.05, 0) is 73.4 Å². The Morgan fingerprint density at radius 1 is 0.789 bits per heavy atom. The molecule has 0 bridgehead atoms. The van der Waals surface area contributed by atoms with Gasteiger partial charge in [-0.1, -0.05) is 6.92 Å². The van der Waals surface area contributed by atoms with Gasteiger partial charge >= 0.3 is 24.0 Å². The molecule has 0 spiro atoms. The number of amides is 2. The van der Waals surface area contributed by atoms with Gasteiger partial charge in [-0.3, -0.25) is 9.59 Å². The summed E-state index contributed by atoms with van der Waals surface area (Å²) in [7, 11) is 0. The number of nitrogens with one attached hydrogen (secondary N) is 2. The number of hydrogen-bond acceptors (Lipinski definition) is 8. The summed E-state index contributed by atoms with van der Waals surface area (Å²) in [5, 5.41) is 13.6. The van der Waals surface area contributed by atoms with Crippen molar-refractivity contribution in [2.24, 2.45) is 10.8 Å². The zero-order chi connectivity index (χ0) is 28.7. The van der Waals surface area contributed by atoms with E-state index in [-0.39, 0.29) is 32.7 Å². The number of aryl methyl sites for hydroxylation is 4. The lowest BCUT2D eigenvalue weighted by Gasteiger charge is -2.33. The smallest absolute Gasteiger partial charge is 0.342 e. The number of carbonyl (C=O) groups excluding carboxylic acids is 4. The van der Waals surface area contributed by atoms with E-state index < -0.39 is 34.8 Å². The molecule has 0 saturated carbocycles. The molecule has 2 N–H and O–H groups in total. The molecule has 0 aliphatic rings. The molecule has 2 amide bonds. The third-order valence-corrected chi connectivity index (χ3v) is 6.28. The van der Waals surface area contributed by atoms with Crippen molar-refractivity contribution in [3.63, 3.8) is 0 Å². The SMILES string of the molecule is CCC(C)(CC(C)(C)C(=O)OCCNC(=O)n1nc(C)cc1C)C(=O)OCCNC(=O)n1nc(C)cc1C. The first-order chi connectivity index (χ1) is 17.7. The average molecular weight is 533 g/mol. The Labute approximate surface area is 223 Å². The van der Waals surface area contributed by atoms with E-state index in [2.05, 4.69) is 20.8 Å². The average Bonchev–Trinajstić information content (AvgIpc) is 3.37. The number of nitrogens with zero attached hydrogens (tertiary/aromatic N) is 4. The third-order valence-electron chi connectivity index (χ3n) is 6.28. The number of ether oxygens (including phenoxy) is 2. The first kappa shape index (κ1) is 30.5. The summed E-state index contributed by atoms with van der Waals surface area (Å²) in [4.78, 5) is 50.2. The maximum absolute atomic E-state index is 12.9. The highest BCUT2D eigenvalue weighted by atomic mass is 16.5. The minimum atomic E-state index is -0.979. The van der Waals surface area contributed by atoms with Crippen LogP contribution >= 0.6 is 0 Å². The van der Waals surface area contributed by atoms with Crippen LogP contribution < -0.4 is 10.6 Å². The molecule has 2 aromatic heterocycles. The van der Waals surface area contributed by atoms with E-state index in [4.69, 9.17) is 9.47 Å². The van der Waals surface area contributed by atoms with Crippen molar-refractivity contribution in [1.29, 1.82) is 0 Å². The molecule has 2 aromatic rings. The van der Waals surface area contributed by atoms with Crippen LogP contribution in [0.1, 0.15) is 63.3 Å². The molecule has 0 saturated heterocycles. The highest BCUT2D eigenvalue weighted by Crippen LogP contribution is 2.38. The van der Waals surface area contributed by atoms with Crippen LogP contribution in [0.15, 0.2) is 12.1 Å². The van der Waals surface area contributed by atoms with Crippen LogP contribution in [0.25, 0.3) is 0 Å². The van der Waals surface area contributed by atoms with Gasteiger partial charge in [-0.25, -0.2) is 9.59 Å². The van der Waals surface area contributed by atoms with Crippen molar-refractivity contribution < 1.29 is 28.7 Å². The summed E-state index contributed by atoms with van der Waals surface area (Å²) in [5.41, 5.74) is 0.948. The predicted molar refractivity (Wildman–Crippen MR) is 140 cm³/mol. The van der Waals surface area contributed by atoms with E-state index in [0.717, 1.165) is 11.4 Å². The van der Waals surface area contributed by atoms with Crippen molar-refractivity contribution in [2.45, 2.75) is 68.2 Å². The minimum Gasteiger partial charge on any atom is -0.463 e. The van der Waals surface area contributed by atoms with Gasteiger partial charge in [-0.15, -0.1) is 0 Å². The highest BCUT2D eigenvalue weighted by molar-refractivity contribution is 5.81. The van der Waals surface area contributed by atoms with Crippen molar-refractivity contribution in [3.8, 4) is 0 Å². The predicted octanol–water partition coefficient (Wildman–Crippen LogP) is 3.05. The molecule has 38 heavy (non-hydrogen) atoms. The van der Waals surface area contributed by atoms with Crippen LogP contribution in [0.5, 0.6) is 0 Å². The van der Waals surface area contributed by atoms with Gasteiger partial charge in [0.15, 0.2) is 0 Å². The van der Waals surface area contributed by atoms with Gasteiger partial charge in [0.05, 0.1) is 35.3 Å². The van der Waals surface area contributed by atoms with Crippen LogP contribution in [-0.2, 0) is 19.1 Å². The molecule has 0 aliphatic heterocycles. The largest absolute Gasteiger partial charge is 0.463 e. The van der Waals surface area contributed by atoms with Crippen molar-refractivity contribution in [2.75, 3.05) is 26.3 Å². The molecule has 0 radical (unpaired) electrons. The van der Waals surface area contributed by atoms with E-state index in [0.29, 0.717) is 17.8 Å². The normalized spacial score (nSPS) is 12.9. The Morgan fingerprint density at radius 2 is 1.21 bits per heavy atom. The Hall–Kier alpha value is -3.70. The standard InChI is InChI=1S/C26H40N6O6/c1-9-26(8,22(34)38-13-11-28-24(36)32-20(5)15-18(3)30-32)16-25(6,7)21(33)37-12-10-27-23(35)31-19(4)14-17(2)29-31/h14-15H,9-13,16H2,1-8H3,(H,27,35)(H,28,36). The quantitative estimate of drug-likeness (QED) is 0.332. The van der Waals surface area contributed by atoms with E-state index in [1.807, 2.05) is 6.92 Å². The molecule has 12 nitrogen and oxygen atoms in total. The summed E-state index contributed by atoms with van der Waals surface area (Å²) in [6.07, 6.45) is 0.643. The maximum atomic E-state index is 12.9. The van der Waals surface area contributed by atoms with E-state index >= 15 is 0 Å². The van der Waals surface area contributed by atoms with Gasteiger partial charge in [-0.2, -0.15) is 19.6 Å². The number of hydrogen-bond donors (Lipinski definition) is 2. The molecule has 0 aliphatic carbocycles. The lowest BCUT2D eigenvalue weighted by molar-refractivity contribution is -0.163. The first-order valence-corrected chi connectivity index (χ1v) is 12.7. The van der Waals surface area contributed by atoms with Gasteiger partial charge < -0.3 is 20.1 Å². The molecule has 2 rings (SSSR count). The lowest BCUT2D eigenvalue weighted by Crippen LogP contribution is -2.40.